The zero-order valence-corrected chi connectivity index (χ0v) is 14.2. The minimum Gasteiger partial charge on any atom is -0.420 e. The fourth-order valence-corrected chi connectivity index (χ4v) is 2.44. The third kappa shape index (κ3) is 3.38. The summed E-state index contributed by atoms with van der Waals surface area (Å²) in [5.74, 6) is -1.17. The van der Waals surface area contributed by atoms with Gasteiger partial charge in [-0.1, -0.05) is 26.0 Å². The van der Waals surface area contributed by atoms with E-state index in [2.05, 4.69) is 10.3 Å². The Hall–Kier alpha value is -2.76. The van der Waals surface area contributed by atoms with Crippen LogP contribution in [0.2, 0.25) is 0 Å². The van der Waals surface area contributed by atoms with E-state index in [1.807, 2.05) is 0 Å². The summed E-state index contributed by atoms with van der Waals surface area (Å²) in [6, 6.07) is 7.80. The van der Waals surface area contributed by atoms with Crippen molar-refractivity contribution >= 4 is 28.6 Å². The maximum absolute atomic E-state index is 14.6. The number of carbonyl (C=O) groups is 1. The van der Waals surface area contributed by atoms with Crippen molar-refractivity contribution in [2.75, 3.05) is 5.32 Å². The molecule has 25 heavy (non-hydrogen) atoms. The Morgan fingerprint density at radius 3 is 2.72 bits per heavy atom. The van der Waals surface area contributed by atoms with Gasteiger partial charge in [0.1, 0.15) is 17.1 Å². The van der Waals surface area contributed by atoms with Crippen molar-refractivity contribution in [3.05, 3.63) is 53.1 Å². The molecule has 3 rings (SSSR count). The number of hydrogen-bond acceptors (Lipinski definition) is 4. The van der Waals surface area contributed by atoms with Gasteiger partial charge in [0, 0.05) is 23.6 Å². The van der Waals surface area contributed by atoms with Crippen LogP contribution in [-0.4, -0.2) is 10.8 Å². The molecule has 1 N–H and O–H groups in total. The number of nitrogens with one attached hydrogen (secondary N) is 1. The number of anilines is 2. The molecule has 3 aromatic rings. The topological polar surface area (TPSA) is 55.1 Å². The lowest BCUT2D eigenvalue weighted by Crippen LogP contribution is -2.11. The number of carbonyl (C=O) groups excluding carboxylic acids is 1. The summed E-state index contributed by atoms with van der Waals surface area (Å²) >= 11 is 0. The van der Waals surface area contributed by atoms with Crippen molar-refractivity contribution in [2.24, 2.45) is 5.92 Å². The summed E-state index contributed by atoms with van der Waals surface area (Å²) in [6.07, 6.45) is 0.00586. The minimum atomic E-state index is -0.594. The van der Waals surface area contributed by atoms with Crippen LogP contribution in [-0.2, 0) is 11.2 Å². The Labute approximate surface area is 143 Å². The molecule has 0 saturated heterocycles. The SMILES string of the molecule is Cc1c(F)cccc1Nc1nc2ccc(CC(=O)C(C)C)c(F)c2o1. The van der Waals surface area contributed by atoms with Gasteiger partial charge >= 0.3 is 0 Å². The van der Waals surface area contributed by atoms with Crippen molar-refractivity contribution < 1.29 is 18.0 Å². The molecular formula is C19H18F2N2O2. The van der Waals surface area contributed by atoms with E-state index < -0.39 is 5.82 Å². The molecule has 1 heterocycles. The number of ketones is 1. The molecule has 0 amide bonds. The molecule has 0 unspecified atom stereocenters. The summed E-state index contributed by atoms with van der Waals surface area (Å²) in [4.78, 5) is 16.0. The highest BCUT2D eigenvalue weighted by Crippen LogP contribution is 2.28. The van der Waals surface area contributed by atoms with Gasteiger partial charge in [-0.25, -0.2) is 8.78 Å². The average Bonchev–Trinajstić information content (AvgIpc) is 2.98. The Kier molecular flexibility index (Phi) is 4.53. The third-order valence-corrected chi connectivity index (χ3v) is 4.09. The van der Waals surface area contributed by atoms with E-state index in [1.165, 1.54) is 12.1 Å². The van der Waals surface area contributed by atoms with E-state index >= 15 is 0 Å². The lowest BCUT2D eigenvalue weighted by atomic mass is 10.0. The molecular weight excluding hydrogens is 326 g/mol. The first-order valence-electron chi connectivity index (χ1n) is 7.99. The van der Waals surface area contributed by atoms with Crippen molar-refractivity contribution in [2.45, 2.75) is 27.2 Å². The van der Waals surface area contributed by atoms with E-state index in [-0.39, 0.29) is 41.1 Å². The van der Waals surface area contributed by atoms with Crippen LogP contribution in [0, 0.1) is 24.5 Å². The van der Waals surface area contributed by atoms with Gasteiger partial charge in [-0.05, 0) is 30.7 Å². The molecule has 0 aliphatic heterocycles. The molecule has 0 atom stereocenters. The average molecular weight is 344 g/mol. The maximum atomic E-state index is 14.6. The number of aromatic nitrogens is 1. The van der Waals surface area contributed by atoms with Gasteiger partial charge in [0.25, 0.3) is 6.01 Å². The second kappa shape index (κ2) is 6.63. The monoisotopic (exact) mass is 344 g/mol. The fourth-order valence-electron chi connectivity index (χ4n) is 2.44. The van der Waals surface area contributed by atoms with Crippen LogP contribution >= 0.6 is 0 Å². The quantitative estimate of drug-likeness (QED) is 0.713. The van der Waals surface area contributed by atoms with Crippen molar-refractivity contribution in [3.8, 4) is 0 Å². The number of Topliss-reactive ketones (excluding diaryl/α,β-unsaturated/α-hetero) is 1. The maximum Gasteiger partial charge on any atom is 0.300 e. The number of rotatable bonds is 5. The number of hydrogen-bond donors (Lipinski definition) is 1. The van der Waals surface area contributed by atoms with Crippen molar-refractivity contribution in [1.29, 1.82) is 0 Å². The normalized spacial score (nSPS) is 11.3. The van der Waals surface area contributed by atoms with Crippen LogP contribution in [0.3, 0.4) is 0 Å². The first-order valence-corrected chi connectivity index (χ1v) is 7.99. The molecule has 0 saturated carbocycles. The number of nitrogens with zero attached hydrogens (tertiary/aromatic N) is 1. The predicted octanol–water partition coefficient (Wildman–Crippen LogP) is 4.93. The second-order valence-electron chi connectivity index (χ2n) is 6.24. The summed E-state index contributed by atoms with van der Waals surface area (Å²) in [7, 11) is 0. The zero-order valence-electron chi connectivity index (χ0n) is 14.2. The molecule has 0 bridgehead atoms. The first kappa shape index (κ1) is 17.1. The molecule has 0 spiro atoms. The Bertz CT molecular complexity index is 948. The molecule has 2 aromatic carbocycles. The van der Waals surface area contributed by atoms with Gasteiger partial charge in [-0.3, -0.25) is 4.79 Å². The van der Waals surface area contributed by atoms with Gasteiger partial charge in [0.2, 0.25) is 0 Å². The number of oxazole rings is 1. The number of fused-ring (bicyclic) bond motifs is 1. The van der Waals surface area contributed by atoms with Crippen LogP contribution in [0.4, 0.5) is 20.5 Å². The zero-order chi connectivity index (χ0) is 18.1. The summed E-state index contributed by atoms with van der Waals surface area (Å²) in [5, 5.41) is 2.86. The van der Waals surface area contributed by atoms with Crippen LogP contribution in [0.25, 0.3) is 11.1 Å². The van der Waals surface area contributed by atoms with Crippen LogP contribution in [0.1, 0.15) is 25.0 Å². The van der Waals surface area contributed by atoms with Crippen molar-refractivity contribution in [3.63, 3.8) is 0 Å². The Morgan fingerprint density at radius 2 is 2.00 bits per heavy atom. The van der Waals surface area contributed by atoms with Gasteiger partial charge < -0.3 is 9.73 Å². The van der Waals surface area contributed by atoms with Gasteiger partial charge in [0.05, 0.1) is 0 Å². The molecule has 6 heteroatoms. The van der Waals surface area contributed by atoms with Crippen LogP contribution in [0.5, 0.6) is 0 Å². The molecule has 0 aliphatic rings. The molecule has 0 radical (unpaired) electrons. The minimum absolute atomic E-state index is 0.00586. The molecule has 130 valence electrons. The highest BCUT2D eigenvalue weighted by atomic mass is 19.1. The van der Waals surface area contributed by atoms with Gasteiger partial charge in [-0.15, -0.1) is 0 Å². The van der Waals surface area contributed by atoms with E-state index in [9.17, 15) is 13.6 Å². The smallest absolute Gasteiger partial charge is 0.300 e. The standard InChI is InChI=1S/C19H18F2N2O2/c1-10(2)16(24)9-12-7-8-15-18(17(12)21)25-19(23-15)22-14-6-4-5-13(20)11(14)3/h4-8,10H,9H2,1-3H3,(H,22,23). The summed E-state index contributed by atoms with van der Waals surface area (Å²) in [5.41, 5.74) is 1.48. The van der Waals surface area contributed by atoms with Gasteiger partial charge in [-0.2, -0.15) is 4.98 Å². The molecule has 1 aromatic heterocycles. The lowest BCUT2D eigenvalue weighted by molar-refractivity contribution is -0.121. The highest BCUT2D eigenvalue weighted by molar-refractivity contribution is 5.84. The molecule has 0 fully saturated rings. The molecule has 0 aliphatic carbocycles. The summed E-state index contributed by atoms with van der Waals surface area (Å²) in [6.45, 7) is 5.17. The van der Waals surface area contributed by atoms with Gasteiger partial charge in [0.15, 0.2) is 11.4 Å². The van der Waals surface area contributed by atoms with Crippen molar-refractivity contribution in [1.82, 2.24) is 4.98 Å². The Morgan fingerprint density at radius 1 is 1.24 bits per heavy atom. The van der Waals surface area contributed by atoms with Crippen LogP contribution < -0.4 is 5.32 Å². The largest absolute Gasteiger partial charge is 0.420 e. The van der Waals surface area contributed by atoms with E-state index in [0.29, 0.717) is 16.8 Å². The van der Waals surface area contributed by atoms with Crippen LogP contribution in [0.15, 0.2) is 34.7 Å². The summed E-state index contributed by atoms with van der Waals surface area (Å²) < 4.78 is 33.7. The number of benzene rings is 2. The third-order valence-electron chi connectivity index (χ3n) is 4.09. The van der Waals surface area contributed by atoms with E-state index in [1.54, 1.807) is 39.0 Å². The predicted molar refractivity (Wildman–Crippen MR) is 91.9 cm³/mol. The Balaban J connectivity index is 1.93. The lowest BCUT2D eigenvalue weighted by Gasteiger charge is -2.06. The highest BCUT2D eigenvalue weighted by Gasteiger charge is 2.18. The first-order chi connectivity index (χ1) is 11.9. The van der Waals surface area contributed by atoms with E-state index in [0.717, 1.165) is 0 Å². The second-order valence-corrected chi connectivity index (χ2v) is 6.24. The fraction of sp³-hybridized carbons (Fsp3) is 0.263. The van der Waals surface area contributed by atoms with E-state index in [4.69, 9.17) is 4.42 Å². The molecule has 4 nitrogen and oxygen atoms in total. The number of halogens is 2.